The van der Waals surface area contributed by atoms with Gasteiger partial charge in [-0.3, -0.25) is 9.88 Å². The zero-order chi connectivity index (χ0) is 14.8. The summed E-state index contributed by atoms with van der Waals surface area (Å²) in [5.41, 5.74) is 1.21. The van der Waals surface area contributed by atoms with Crippen molar-refractivity contribution in [3.63, 3.8) is 0 Å². The van der Waals surface area contributed by atoms with E-state index in [0.717, 1.165) is 19.6 Å². The van der Waals surface area contributed by atoms with Gasteiger partial charge in [-0.15, -0.1) is 0 Å². The summed E-state index contributed by atoms with van der Waals surface area (Å²) >= 11 is 0. The first-order valence-corrected chi connectivity index (χ1v) is 7.11. The molecule has 7 nitrogen and oxygen atoms in total. The number of rotatable bonds is 4. The van der Waals surface area contributed by atoms with Crippen LogP contribution in [0.2, 0.25) is 0 Å². The Morgan fingerprint density at radius 2 is 1.95 bits per heavy atom. The molecule has 0 aliphatic carbocycles. The minimum atomic E-state index is 0.279. The van der Waals surface area contributed by atoms with Crippen molar-refractivity contribution in [3.05, 3.63) is 54.4 Å². The van der Waals surface area contributed by atoms with Gasteiger partial charge in [-0.1, -0.05) is 11.2 Å². The lowest BCUT2D eigenvalue weighted by molar-refractivity contribution is 0.117. The van der Waals surface area contributed by atoms with Gasteiger partial charge in [-0.2, -0.15) is 4.98 Å². The van der Waals surface area contributed by atoms with Gasteiger partial charge < -0.3 is 4.52 Å². The topological polar surface area (TPSA) is 80.8 Å². The summed E-state index contributed by atoms with van der Waals surface area (Å²) in [4.78, 5) is 19.1. The fourth-order valence-corrected chi connectivity index (χ4v) is 2.51. The smallest absolute Gasteiger partial charge is 0.240 e. The zero-order valence-electron chi connectivity index (χ0n) is 11.8. The van der Waals surface area contributed by atoms with Crippen LogP contribution in [-0.2, 0) is 6.54 Å². The molecule has 4 heterocycles. The molecule has 22 heavy (non-hydrogen) atoms. The van der Waals surface area contributed by atoms with Crippen molar-refractivity contribution in [3.8, 4) is 11.6 Å². The summed E-state index contributed by atoms with van der Waals surface area (Å²) < 4.78 is 5.34. The van der Waals surface area contributed by atoms with E-state index in [1.807, 2.05) is 12.3 Å². The maximum absolute atomic E-state index is 5.34. The lowest BCUT2D eigenvalue weighted by atomic mass is 9.99. The molecular weight excluding hydrogens is 280 g/mol. The predicted molar refractivity (Wildman–Crippen MR) is 77.6 cm³/mol. The van der Waals surface area contributed by atoms with Crippen LogP contribution in [0.5, 0.6) is 0 Å². The van der Waals surface area contributed by atoms with Gasteiger partial charge >= 0.3 is 0 Å². The molecule has 1 aliphatic rings. The summed E-state index contributed by atoms with van der Waals surface area (Å²) in [5.74, 6) is 1.87. The van der Waals surface area contributed by atoms with Crippen LogP contribution in [-0.4, -0.2) is 43.1 Å². The van der Waals surface area contributed by atoms with E-state index in [0.29, 0.717) is 17.5 Å². The second-order valence-corrected chi connectivity index (χ2v) is 5.28. The molecule has 0 unspecified atom stereocenters. The molecule has 1 saturated heterocycles. The quantitative estimate of drug-likeness (QED) is 0.721. The Kier molecular flexibility index (Phi) is 3.32. The standard InChI is InChI=1S/C15H14N6O/c1-3-11(7-16-4-1)8-21-9-12(10-21)15-19-14(20-22-15)13-17-5-2-6-18-13/h1-7,12H,8-10H2. The number of hydrogen-bond acceptors (Lipinski definition) is 7. The van der Waals surface area contributed by atoms with E-state index in [4.69, 9.17) is 4.52 Å². The molecule has 0 saturated carbocycles. The molecular formula is C15H14N6O. The third-order valence-corrected chi connectivity index (χ3v) is 3.64. The van der Waals surface area contributed by atoms with Gasteiger partial charge in [0.25, 0.3) is 0 Å². The average Bonchev–Trinajstić information content (AvgIpc) is 3.02. The van der Waals surface area contributed by atoms with Gasteiger partial charge in [0.1, 0.15) is 0 Å². The molecule has 0 amide bonds. The van der Waals surface area contributed by atoms with Crippen LogP contribution >= 0.6 is 0 Å². The third kappa shape index (κ3) is 2.58. The van der Waals surface area contributed by atoms with Crippen LogP contribution in [0.15, 0.2) is 47.5 Å². The molecule has 3 aromatic heterocycles. The van der Waals surface area contributed by atoms with Crippen molar-refractivity contribution >= 4 is 0 Å². The summed E-state index contributed by atoms with van der Waals surface area (Å²) in [7, 11) is 0. The van der Waals surface area contributed by atoms with E-state index in [2.05, 4.69) is 36.1 Å². The van der Waals surface area contributed by atoms with Crippen molar-refractivity contribution in [1.29, 1.82) is 0 Å². The summed E-state index contributed by atoms with van der Waals surface area (Å²) in [6, 6.07) is 5.79. The van der Waals surface area contributed by atoms with E-state index in [1.165, 1.54) is 5.56 Å². The SMILES string of the molecule is c1cnc(-c2noc(C3CN(Cc4cccnc4)C3)n2)nc1. The highest BCUT2D eigenvalue weighted by atomic mass is 16.5. The number of nitrogens with zero attached hydrogens (tertiary/aromatic N) is 6. The molecule has 0 spiro atoms. The molecule has 0 aromatic carbocycles. The minimum absolute atomic E-state index is 0.279. The molecule has 0 radical (unpaired) electrons. The fraction of sp³-hybridized carbons (Fsp3) is 0.267. The van der Waals surface area contributed by atoms with Gasteiger partial charge in [0.15, 0.2) is 0 Å². The molecule has 1 aliphatic heterocycles. The molecule has 0 N–H and O–H groups in total. The van der Waals surface area contributed by atoms with Gasteiger partial charge in [0.2, 0.25) is 17.5 Å². The summed E-state index contributed by atoms with van der Waals surface area (Å²) in [5, 5.41) is 3.96. The average molecular weight is 294 g/mol. The van der Waals surface area contributed by atoms with Crippen molar-refractivity contribution in [2.45, 2.75) is 12.5 Å². The van der Waals surface area contributed by atoms with E-state index in [1.54, 1.807) is 24.7 Å². The second kappa shape index (κ2) is 5.61. The summed E-state index contributed by atoms with van der Waals surface area (Å²) in [6.07, 6.45) is 7.01. The van der Waals surface area contributed by atoms with Crippen LogP contribution in [0.25, 0.3) is 11.6 Å². The predicted octanol–water partition coefficient (Wildman–Crippen LogP) is 1.52. The first-order valence-electron chi connectivity index (χ1n) is 7.11. The minimum Gasteiger partial charge on any atom is -0.338 e. The van der Waals surface area contributed by atoms with Crippen molar-refractivity contribution < 1.29 is 4.52 Å². The van der Waals surface area contributed by atoms with Crippen LogP contribution in [0.1, 0.15) is 17.4 Å². The van der Waals surface area contributed by atoms with Crippen LogP contribution in [0, 0.1) is 0 Å². The maximum atomic E-state index is 5.34. The van der Waals surface area contributed by atoms with Crippen molar-refractivity contribution in [2.75, 3.05) is 13.1 Å². The van der Waals surface area contributed by atoms with Crippen molar-refractivity contribution in [2.24, 2.45) is 0 Å². The highest BCUT2D eigenvalue weighted by Gasteiger charge is 2.32. The van der Waals surface area contributed by atoms with Gasteiger partial charge in [0.05, 0.1) is 5.92 Å². The van der Waals surface area contributed by atoms with Gasteiger partial charge in [0, 0.05) is 44.4 Å². The number of aromatic nitrogens is 5. The highest BCUT2D eigenvalue weighted by molar-refractivity contribution is 5.40. The van der Waals surface area contributed by atoms with E-state index < -0.39 is 0 Å². The molecule has 7 heteroatoms. The van der Waals surface area contributed by atoms with Crippen LogP contribution in [0.3, 0.4) is 0 Å². The Morgan fingerprint density at radius 3 is 2.73 bits per heavy atom. The number of hydrogen-bond donors (Lipinski definition) is 0. The molecule has 4 rings (SSSR count). The molecule has 1 fully saturated rings. The van der Waals surface area contributed by atoms with Crippen LogP contribution < -0.4 is 0 Å². The highest BCUT2D eigenvalue weighted by Crippen LogP contribution is 2.27. The molecule has 0 bridgehead atoms. The molecule has 110 valence electrons. The maximum Gasteiger partial charge on any atom is 0.240 e. The Balaban J connectivity index is 1.38. The second-order valence-electron chi connectivity index (χ2n) is 5.28. The summed E-state index contributed by atoms with van der Waals surface area (Å²) in [6.45, 7) is 2.71. The third-order valence-electron chi connectivity index (χ3n) is 3.64. The van der Waals surface area contributed by atoms with E-state index in [9.17, 15) is 0 Å². The van der Waals surface area contributed by atoms with E-state index in [-0.39, 0.29) is 5.92 Å². The normalized spacial score (nSPS) is 15.6. The Morgan fingerprint density at radius 1 is 1.09 bits per heavy atom. The number of likely N-dealkylation sites (tertiary alicyclic amines) is 1. The Labute approximate surface area is 127 Å². The fourth-order valence-electron chi connectivity index (χ4n) is 2.51. The zero-order valence-corrected chi connectivity index (χ0v) is 11.8. The molecule has 3 aromatic rings. The first-order chi connectivity index (χ1) is 10.9. The first kappa shape index (κ1) is 13.0. The monoisotopic (exact) mass is 294 g/mol. The van der Waals surface area contributed by atoms with Gasteiger partial charge in [-0.25, -0.2) is 9.97 Å². The Bertz CT molecular complexity index is 739. The largest absolute Gasteiger partial charge is 0.338 e. The molecule has 0 atom stereocenters. The van der Waals surface area contributed by atoms with Crippen LogP contribution in [0.4, 0.5) is 0 Å². The lowest BCUT2D eigenvalue weighted by Crippen LogP contribution is -2.44. The van der Waals surface area contributed by atoms with E-state index >= 15 is 0 Å². The number of pyridine rings is 1. The van der Waals surface area contributed by atoms with Gasteiger partial charge in [-0.05, 0) is 17.7 Å². The lowest BCUT2D eigenvalue weighted by Gasteiger charge is -2.36. The Hall–Kier alpha value is -2.67. The van der Waals surface area contributed by atoms with Crippen molar-refractivity contribution in [1.82, 2.24) is 30.0 Å².